The number of aryl methyl sites for hydroxylation is 1. The predicted molar refractivity (Wildman–Crippen MR) is 117 cm³/mol. The van der Waals surface area contributed by atoms with Gasteiger partial charge in [-0.2, -0.15) is 0 Å². The zero-order valence-corrected chi connectivity index (χ0v) is 18.1. The van der Waals surface area contributed by atoms with E-state index in [0.29, 0.717) is 11.8 Å². The molecule has 1 aliphatic heterocycles. The first-order chi connectivity index (χ1) is 14.5. The predicted octanol–water partition coefficient (Wildman–Crippen LogP) is 3.89. The molecule has 0 N–H and O–H groups in total. The Bertz CT molecular complexity index is 976. The van der Waals surface area contributed by atoms with Gasteiger partial charge in [0.05, 0.1) is 12.8 Å². The number of ether oxygens (including phenoxy) is 1. The molecule has 0 atom stereocenters. The van der Waals surface area contributed by atoms with Crippen molar-refractivity contribution in [2.24, 2.45) is 0 Å². The van der Waals surface area contributed by atoms with Crippen molar-refractivity contribution in [3.63, 3.8) is 0 Å². The Morgan fingerprint density at radius 3 is 2.43 bits per heavy atom. The molecule has 1 fully saturated rings. The van der Waals surface area contributed by atoms with E-state index in [-0.39, 0.29) is 0 Å². The Hall–Kier alpha value is -2.93. The molecule has 30 heavy (non-hydrogen) atoms. The number of anilines is 1. The molecule has 4 rings (SSSR count). The molecule has 0 unspecified atom stereocenters. The third-order valence-electron chi connectivity index (χ3n) is 5.34. The van der Waals surface area contributed by atoms with Gasteiger partial charge in [0.15, 0.2) is 0 Å². The van der Waals surface area contributed by atoms with E-state index in [2.05, 4.69) is 39.7 Å². The molecule has 7 heteroatoms. The van der Waals surface area contributed by atoms with Crippen molar-refractivity contribution in [3.05, 3.63) is 53.8 Å². The van der Waals surface area contributed by atoms with Crippen molar-refractivity contribution in [1.29, 1.82) is 0 Å². The van der Waals surface area contributed by atoms with Crippen LogP contribution in [0.1, 0.15) is 37.0 Å². The average molecular weight is 408 g/mol. The van der Waals surface area contributed by atoms with Crippen LogP contribution in [0.25, 0.3) is 11.5 Å². The Morgan fingerprint density at radius 2 is 1.77 bits per heavy atom. The van der Waals surface area contributed by atoms with Crippen LogP contribution >= 0.6 is 0 Å². The lowest BCUT2D eigenvalue weighted by atomic mass is 10.2. The zero-order chi connectivity index (χ0) is 21.1. The summed E-state index contributed by atoms with van der Waals surface area (Å²) in [7, 11) is 1.66. The third kappa shape index (κ3) is 4.62. The Morgan fingerprint density at radius 1 is 1.03 bits per heavy atom. The van der Waals surface area contributed by atoms with Gasteiger partial charge in [0.1, 0.15) is 23.7 Å². The summed E-state index contributed by atoms with van der Waals surface area (Å²) in [4.78, 5) is 18.8. The molecular weight excluding hydrogens is 378 g/mol. The number of benzene rings is 1. The largest absolute Gasteiger partial charge is 0.497 e. The fraction of sp³-hybridized carbons (Fsp3) is 0.435. The van der Waals surface area contributed by atoms with Crippen molar-refractivity contribution in [3.8, 4) is 17.2 Å². The lowest BCUT2D eigenvalue weighted by molar-refractivity contribution is 0.246. The fourth-order valence-corrected chi connectivity index (χ4v) is 3.60. The SMILES string of the molecule is COc1ccc(-c2nc(CN3CCN(c4cc(C)nc(C(C)C)n4)CC3)co2)cc1. The summed E-state index contributed by atoms with van der Waals surface area (Å²) in [6.45, 7) is 10.9. The number of hydrogen-bond acceptors (Lipinski definition) is 7. The number of oxazole rings is 1. The summed E-state index contributed by atoms with van der Waals surface area (Å²) in [5, 5.41) is 0. The van der Waals surface area contributed by atoms with E-state index in [1.54, 1.807) is 13.4 Å². The Balaban J connectivity index is 1.36. The van der Waals surface area contributed by atoms with Crippen LogP contribution in [0.2, 0.25) is 0 Å². The zero-order valence-electron chi connectivity index (χ0n) is 18.1. The smallest absolute Gasteiger partial charge is 0.226 e. The van der Waals surface area contributed by atoms with Crippen LogP contribution in [0, 0.1) is 6.92 Å². The summed E-state index contributed by atoms with van der Waals surface area (Å²) in [5.41, 5.74) is 2.93. The maximum atomic E-state index is 5.70. The van der Waals surface area contributed by atoms with Gasteiger partial charge in [0, 0.05) is 56.0 Å². The summed E-state index contributed by atoms with van der Waals surface area (Å²) in [6.07, 6.45) is 1.76. The van der Waals surface area contributed by atoms with E-state index in [4.69, 9.17) is 14.1 Å². The standard InChI is InChI=1S/C23H29N5O2/c1-16(2)22-24-17(3)13-21(26-22)28-11-9-27(10-12-28)14-19-15-30-23(25-19)18-5-7-20(29-4)8-6-18/h5-8,13,15-16H,9-12,14H2,1-4H3. The molecule has 0 bridgehead atoms. The number of piperazine rings is 1. The first kappa shape index (κ1) is 20.3. The molecule has 0 amide bonds. The minimum absolute atomic E-state index is 0.331. The number of methoxy groups -OCH3 is 1. The quantitative estimate of drug-likeness (QED) is 0.614. The number of nitrogens with zero attached hydrogens (tertiary/aromatic N) is 5. The second-order valence-corrected chi connectivity index (χ2v) is 8.02. The van der Waals surface area contributed by atoms with Gasteiger partial charge in [0.2, 0.25) is 5.89 Å². The molecule has 1 saturated heterocycles. The maximum Gasteiger partial charge on any atom is 0.226 e. The molecule has 158 valence electrons. The topological polar surface area (TPSA) is 67.5 Å². The molecule has 0 saturated carbocycles. The fourth-order valence-electron chi connectivity index (χ4n) is 3.60. The molecule has 2 aromatic heterocycles. The minimum Gasteiger partial charge on any atom is -0.497 e. The van der Waals surface area contributed by atoms with Crippen LogP contribution in [-0.4, -0.2) is 53.1 Å². The van der Waals surface area contributed by atoms with Gasteiger partial charge in [-0.25, -0.2) is 15.0 Å². The van der Waals surface area contributed by atoms with Crippen LogP contribution < -0.4 is 9.64 Å². The molecule has 3 aromatic rings. The van der Waals surface area contributed by atoms with Crippen molar-refractivity contribution in [1.82, 2.24) is 19.9 Å². The van der Waals surface area contributed by atoms with Crippen molar-refractivity contribution >= 4 is 5.82 Å². The molecule has 3 heterocycles. The second-order valence-electron chi connectivity index (χ2n) is 8.02. The van der Waals surface area contributed by atoms with E-state index < -0.39 is 0 Å². The van der Waals surface area contributed by atoms with Crippen LogP contribution in [-0.2, 0) is 6.54 Å². The van der Waals surface area contributed by atoms with Crippen LogP contribution in [0.3, 0.4) is 0 Å². The summed E-state index contributed by atoms with van der Waals surface area (Å²) in [6, 6.07) is 9.83. The summed E-state index contributed by atoms with van der Waals surface area (Å²) >= 11 is 0. The first-order valence-corrected chi connectivity index (χ1v) is 10.4. The Kier molecular flexibility index (Phi) is 5.99. The molecule has 0 spiro atoms. The van der Waals surface area contributed by atoms with Gasteiger partial charge in [-0.15, -0.1) is 0 Å². The molecule has 0 radical (unpaired) electrons. The monoisotopic (exact) mass is 407 g/mol. The van der Waals surface area contributed by atoms with E-state index >= 15 is 0 Å². The van der Waals surface area contributed by atoms with E-state index in [1.165, 1.54) is 0 Å². The Labute approximate surface area is 177 Å². The molecule has 0 aliphatic carbocycles. The molecule has 1 aromatic carbocycles. The highest BCUT2D eigenvalue weighted by Gasteiger charge is 2.20. The minimum atomic E-state index is 0.331. The molecular formula is C23H29N5O2. The first-order valence-electron chi connectivity index (χ1n) is 10.4. The average Bonchev–Trinajstić information content (AvgIpc) is 3.22. The lowest BCUT2D eigenvalue weighted by Gasteiger charge is -2.35. The van der Waals surface area contributed by atoms with Gasteiger partial charge in [0.25, 0.3) is 0 Å². The molecule has 7 nitrogen and oxygen atoms in total. The highest BCUT2D eigenvalue weighted by Crippen LogP contribution is 2.23. The third-order valence-corrected chi connectivity index (χ3v) is 5.34. The van der Waals surface area contributed by atoms with Gasteiger partial charge < -0.3 is 14.1 Å². The van der Waals surface area contributed by atoms with Crippen LogP contribution in [0.15, 0.2) is 41.0 Å². The molecule has 1 aliphatic rings. The second kappa shape index (κ2) is 8.83. The van der Waals surface area contributed by atoms with Gasteiger partial charge in [-0.05, 0) is 31.2 Å². The van der Waals surface area contributed by atoms with E-state index in [9.17, 15) is 0 Å². The summed E-state index contributed by atoms with van der Waals surface area (Å²) in [5.74, 6) is 3.75. The van der Waals surface area contributed by atoms with Crippen molar-refractivity contribution in [2.75, 3.05) is 38.2 Å². The number of aromatic nitrogens is 3. The highest BCUT2D eigenvalue weighted by molar-refractivity contribution is 5.54. The normalized spacial score (nSPS) is 15.0. The van der Waals surface area contributed by atoms with Crippen LogP contribution in [0.4, 0.5) is 5.82 Å². The van der Waals surface area contributed by atoms with Crippen molar-refractivity contribution in [2.45, 2.75) is 33.2 Å². The van der Waals surface area contributed by atoms with Gasteiger partial charge in [-0.3, -0.25) is 4.90 Å². The maximum absolute atomic E-state index is 5.70. The van der Waals surface area contributed by atoms with Gasteiger partial charge >= 0.3 is 0 Å². The highest BCUT2D eigenvalue weighted by atomic mass is 16.5. The number of hydrogen-bond donors (Lipinski definition) is 0. The summed E-state index contributed by atoms with van der Waals surface area (Å²) < 4.78 is 10.9. The van der Waals surface area contributed by atoms with Gasteiger partial charge in [-0.1, -0.05) is 13.8 Å². The lowest BCUT2D eigenvalue weighted by Crippen LogP contribution is -2.46. The number of rotatable bonds is 6. The van der Waals surface area contributed by atoms with Crippen LogP contribution in [0.5, 0.6) is 5.75 Å². The van der Waals surface area contributed by atoms with E-state index in [0.717, 1.165) is 67.1 Å². The van der Waals surface area contributed by atoms with Crippen molar-refractivity contribution < 1.29 is 9.15 Å². The van der Waals surface area contributed by atoms with E-state index in [1.807, 2.05) is 31.2 Å².